The highest BCUT2D eigenvalue weighted by Crippen LogP contribution is 2.39. The molecule has 0 N–H and O–H groups in total. The number of hydrogen-bond acceptors (Lipinski definition) is 8. The second-order valence-corrected chi connectivity index (χ2v) is 7.58. The molecule has 0 atom stereocenters. The lowest BCUT2D eigenvalue weighted by Crippen LogP contribution is -1.95. The largest absolute Gasteiger partial charge is 0.277 e. The first kappa shape index (κ1) is 20.6. The highest BCUT2D eigenvalue weighted by atomic mass is 16.6. The van der Waals surface area contributed by atoms with Gasteiger partial charge < -0.3 is 0 Å². The van der Waals surface area contributed by atoms with Gasteiger partial charge in [-0.05, 0) is 57.9 Å². The van der Waals surface area contributed by atoms with E-state index >= 15 is 0 Å². The van der Waals surface area contributed by atoms with Crippen LogP contribution in [0.4, 0.5) is 22.7 Å². The molecule has 0 heterocycles. The summed E-state index contributed by atoms with van der Waals surface area (Å²) in [5.74, 6) is 0. The van der Waals surface area contributed by atoms with Crippen LogP contribution in [0.1, 0.15) is 0 Å². The van der Waals surface area contributed by atoms with Crippen molar-refractivity contribution in [3.8, 4) is 0 Å². The Hall–Kier alpha value is -5.26. The molecule has 166 valence electrons. The average molecular weight is 458 g/mol. The average Bonchev–Trinajstić information content (AvgIpc) is 2.77. The summed E-state index contributed by atoms with van der Waals surface area (Å²) in [6.45, 7) is 0. The fourth-order valence-electron chi connectivity index (χ4n) is 4.26. The zero-order chi connectivity index (χ0) is 24.3. The topological polar surface area (TPSA) is 173 Å². The van der Waals surface area contributed by atoms with Crippen LogP contribution in [-0.4, -0.2) is 19.7 Å². The van der Waals surface area contributed by atoms with Crippen LogP contribution in [0.25, 0.3) is 43.1 Å². The smallest absolute Gasteiger partial charge is 0.258 e. The van der Waals surface area contributed by atoms with Crippen molar-refractivity contribution in [1.82, 2.24) is 0 Å². The van der Waals surface area contributed by atoms with E-state index in [2.05, 4.69) is 0 Å². The van der Waals surface area contributed by atoms with Gasteiger partial charge in [0.1, 0.15) is 0 Å². The van der Waals surface area contributed by atoms with Gasteiger partial charge in [0.25, 0.3) is 22.7 Å². The first-order chi connectivity index (χ1) is 16.2. The predicted octanol–water partition coefficient (Wildman–Crippen LogP) is 5.93. The third-order valence-electron chi connectivity index (χ3n) is 5.76. The molecule has 0 aromatic heterocycles. The van der Waals surface area contributed by atoms with Crippen molar-refractivity contribution in [1.29, 1.82) is 0 Å². The van der Waals surface area contributed by atoms with Crippen molar-refractivity contribution in [2.75, 3.05) is 0 Å². The highest BCUT2D eigenvalue weighted by Gasteiger charge is 2.23. The molecular weight excluding hydrogens is 448 g/mol. The molecule has 0 amide bonds. The molecule has 12 heteroatoms. The molecule has 0 fully saturated rings. The molecule has 0 aliphatic rings. The van der Waals surface area contributed by atoms with Crippen molar-refractivity contribution in [3.63, 3.8) is 0 Å². The van der Waals surface area contributed by atoms with E-state index < -0.39 is 19.7 Å². The van der Waals surface area contributed by atoms with Crippen molar-refractivity contribution in [2.24, 2.45) is 0 Å². The van der Waals surface area contributed by atoms with E-state index in [0.717, 1.165) is 24.3 Å². The van der Waals surface area contributed by atoms with Crippen LogP contribution in [0.3, 0.4) is 0 Å². The third-order valence-corrected chi connectivity index (χ3v) is 5.76. The molecule has 5 aromatic carbocycles. The molecule has 0 saturated carbocycles. The maximum Gasteiger partial charge on any atom is 0.277 e. The summed E-state index contributed by atoms with van der Waals surface area (Å²) < 4.78 is 0. The van der Waals surface area contributed by atoms with E-state index in [1.54, 1.807) is 12.1 Å². The van der Waals surface area contributed by atoms with Gasteiger partial charge in [-0.3, -0.25) is 40.5 Å². The molecule has 0 unspecified atom stereocenters. The minimum absolute atomic E-state index is 0.0773. The van der Waals surface area contributed by atoms with Crippen LogP contribution in [0, 0.1) is 40.5 Å². The molecule has 0 saturated heterocycles. The Labute approximate surface area is 187 Å². The van der Waals surface area contributed by atoms with Crippen LogP contribution in [-0.2, 0) is 0 Å². The molecular formula is C22H10N4O8. The Morgan fingerprint density at radius 2 is 0.588 bits per heavy atom. The van der Waals surface area contributed by atoms with E-state index in [1.807, 2.05) is 0 Å². The SMILES string of the molecule is O=[N+]([O-])c1ccc([N+](=O)[O-])c2cc3cc4cc5c([N+](=O)[O-])ccc([N+](=O)[O-])c5cc4cc3cc12. The van der Waals surface area contributed by atoms with Gasteiger partial charge in [0.15, 0.2) is 0 Å². The molecule has 5 rings (SSSR count). The van der Waals surface area contributed by atoms with Gasteiger partial charge in [0, 0.05) is 24.3 Å². The Balaban J connectivity index is 1.92. The second kappa shape index (κ2) is 7.13. The molecule has 0 aliphatic heterocycles. The fourth-order valence-corrected chi connectivity index (χ4v) is 4.26. The van der Waals surface area contributed by atoms with Gasteiger partial charge in [-0.2, -0.15) is 0 Å². The number of nitro benzene ring substituents is 4. The summed E-state index contributed by atoms with van der Waals surface area (Å²) in [5, 5.41) is 48.3. The summed E-state index contributed by atoms with van der Waals surface area (Å²) >= 11 is 0. The van der Waals surface area contributed by atoms with E-state index in [1.165, 1.54) is 24.3 Å². The van der Waals surface area contributed by atoms with Crippen LogP contribution < -0.4 is 0 Å². The first-order valence-corrected chi connectivity index (χ1v) is 9.64. The monoisotopic (exact) mass is 458 g/mol. The normalized spacial score (nSPS) is 11.3. The standard InChI is InChI=1S/C22H10N4O8/c27-23(28)19-1-2-20(24(29)30)16-8-12-6-14-10-18-17(9-13(14)5-11(12)7-15(16)19)21(25(31)32)3-4-22(18)26(33)34/h1-10H. The second-order valence-electron chi connectivity index (χ2n) is 7.58. The maximum absolute atomic E-state index is 11.5. The van der Waals surface area contributed by atoms with E-state index in [0.29, 0.717) is 21.5 Å². The molecule has 0 spiro atoms. The quantitative estimate of drug-likeness (QED) is 0.181. The van der Waals surface area contributed by atoms with E-state index in [-0.39, 0.29) is 44.3 Å². The van der Waals surface area contributed by atoms with Gasteiger partial charge in [0.05, 0.1) is 41.2 Å². The Kier molecular flexibility index (Phi) is 4.33. The Morgan fingerprint density at radius 1 is 0.382 bits per heavy atom. The van der Waals surface area contributed by atoms with Gasteiger partial charge in [-0.25, -0.2) is 0 Å². The Bertz CT molecular complexity index is 1520. The molecule has 12 nitrogen and oxygen atoms in total. The van der Waals surface area contributed by atoms with Crippen LogP contribution in [0.5, 0.6) is 0 Å². The Morgan fingerprint density at radius 3 is 0.765 bits per heavy atom. The zero-order valence-electron chi connectivity index (χ0n) is 16.8. The van der Waals surface area contributed by atoms with Crippen molar-refractivity contribution < 1.29 is 19.7 Å². The molecule has 5 aromatic rings. The highest BCUT2D eigenvalue weighted by molar-refractivity contribution is 6.13. The molecule has 0 aliphatic carbocycles. The van der Waals surface area contributed by atoms with Crippen molar-refractivity contribution in [2.45, 2.75) is 0 Å². The van der Waals surface area contributed by atoms with Gasteiger partial charge in [-0.1, -0.05) is 0 Å². The summed E-state index contributed by atoms with van der Waals surface area (Å²) in [7, 11) is 0. The minimum Gasteiger partial charge on any atom is -0.258 e. The number of non-ortho nitro benzene ring substituents is 4. The number of hydrogen-bond donors (Lipinski definition) is 0. The lowest BCUT2D eigenvalue weighted by Gasteiger charge is -2.08. The first-order valence-electron chi connectivity index (χ1n) is 9.64. The summed E-state index contributed by atoms with van der Waals surface area (Å²) in [6.07, 6.45) is 0. The lowest BCUT2D eigenvalue weighted by molar-refractivity contribution is -0.386. The maximum atomic E-state index is 11.5. The summed E-state index contributed by atoms with van der Waals surface area (Å²) in [4.78, 5) is 43.5. The van der Waals surface area contributed by atoms with E-state index in [9.17, 15) is 40.5 Å². The van der Waals surface area contributed by atoms with Crippen LogP contribution in [0.15, 0.2) is 60.7 Å². The van der Waals surface area contributed by atoms with E-state index in [4.69, 9.17) is 0 Å². The predicted molar refractivity (Wildman–Crippen MR) is 123 cm³/mol. The minimum atomic E-state index is -0.630. The van der Waals surface area contributed by atoms with Crippen LogP contribution >= 0.6 is 0 Å². The van der Waals surface area contributed by atoms with Gasteiger partial charge in [-0.15, -0.1) is 0 Å². The molecule has 34 heavy (non-hydrogen) atoms. The molecule has 0 bridgehead atoms. The third kappa shape index (κ3) is 3.01. The summed E-state index contributed by atoms with van der Waals surface area (Å²) in [6, 6.07) is 13.4. The van der Waals surface area contributed by atoms with Crippen LogP contribution in [0.2, 0.25) is 0 Å². The fraction of sp³-hybridized carbons (Fsp3) is 0. The summed E-state index contributed by atoms with van der Waals surface area (Å²) in [5.41, 5.74) is -1.19. The van der Waals surface area contributed by atoms with Crippen molar-refractivity contribution >= 4 is 65.8 Å². The lowest BCUT2D eigenvalue weighted by atomic mass is 9.95. The zero-order valence-corrected chi connectivity index (χ0v) is 16.8. The molecule has 0 radical (unpaired) electrons. The number of nitro groups is 4. The van der Waals surface area contributed by atoms with Gasteiger partial charge >= 0.3 is 0 Å². The number of rotatable bonds is 4. The number of fused-ring (bicyclic) bond motifs is 4. The van der Waals surface area contributed by atoms with Gasteiger partial charge in [0.2, 0.25) is 0 Å². The van der Waals surface area contributed by atoms with Crippen molar-refractivity contribution in [3.05, 3.63) is 101 Å². The number of benzene rings is 5. The number of nitrogens with zero attached hydrogens (tertiary/aromatic N) is 4.